The quantitative estimate of drug-likeness (QED) is 0.663. The van der Waals surface area contributed by atoms with Gasteiger partial charge in [-0.3, -0.25) is 9.36 Å². The van der Waals surface area contributed by atoms with E-state index in [2.05, 4.69) is 5.10 Å². The second kappa shape index (κ2) is 9.04. The molecule has 2 fully saturated rings. The highest BCUT2D eigenvalue weighted by Gasteiger charge is 2.35. The van der Waals surface area contributed by atoms with Crippen LogP contribution in [0.15, 0.2) is 29.1 Å². The van der Waals surface area contributed by atoms with Gasteiger partial charge in [-0.25, -0.2) is 9.48 Å². The van der Waals surface area contributed by atoms with Crippen LogP contribution in [0.1, 0.15) is 60.7 Å². The molecule has 1 aliphatic heterocycles. The lowest BCUT2D eigenvalue weighted by Crippen LogP contribution is -2.40. The summed E-state index contributed by atoms with van der Waals surface area (Å²) in [5.74, 6) is 1.46. The first-order valence-corrected chi connectivity index (χ1v) is 10.8. The summed E-state index contributed by atoms with van der Waals surface area (Å²) in [6.45, 7) is 4.58. The molecular formula is C22H30N4O4. The van der Waals surface area contributed by atoms with E-state index in [-0.39, 0.29) is 23.6 Å². The maximum absolute atomic E-state index is 13.3. The Morgan fingerprint density at radius 1 is 1.23 bits per heavy atom. The molecule has 0 radical (unpaired) electrons. The Morgan fingerprint density at radius 3 is 2.77 bits per heavy atom. The van der Waals surface area contributed by atoms with Crippen LogP contribution in [0.2, 0.25) is 0 Å². The number of ether oxygens (including phenoxy) is 2. The van der Waals surface area contributed by atoms with Gasteiger partial charge in [0.15, 0.2) is 0 Å². The summed E-state index contributed by atoms with van der Waals surface area (Å²) in [6.07, 6.45) is 3.83. The van der Waals surface area contributed by atoms with Crippen LogP contribution in [0, 0.1) is 0 Å². The highest BCUT2D eigenvalue weighted by molar-refractivity contribution is 5.97. The molecule has 162 valence electrons. The van der Waals surface area contributed by atoms with Crippen LogP contribution in [0.5, 0.6) is 5.75 Å². The van der Waals surface area contributed by atoms with Crippen molar-refractivity contribution in [3.8, 4) is 5.75 Å². The van der Waals surface area contributed by atoms with Gasteiger partial charge in [0.25, 0.3) is 5.91 Å². The maximum Gasteiger partial charge on any atom is 0.346 e. The molecule has 30 heavy (non-hydrogen) atoms. The summed E-state index contributed by atoms with van der Waals surface area (Å²) < 4.78 is 14.2. The summed E-state index contributed by atoms with van der Waals surface area (Å²) in [4.78, 5) is 28.0. The summed E-state index contributed by atoms with van der Waals surface area (Å²) in [5, 5.41) is 4.67. The van der Waals surface area contributed by atoms with Gasteiger partial charge in [0.2, 0.25) is 0 Å². The van der Waals surface area contributed by atoms with Gasteiger partial charge in [0, 0.05) is 32.2 Å². The fourth-order valence-electron chi connectivity index (χ4n) is 4.18. The van der Waals surface area contributed by atoms with Gasteiger partial charge >= 0.3 is 5.69 Å². The van der Waals surface area contributed by atoms with Crippen LogP contribution in [-0.4, -0.2) is 58.6 Å². The van der Waals surface area contributed by atoms with Gasteiger partial charge in [0.05, 0.1) is 25.3 Å². The van der Waals surface area contributed by atoms with Crippen molar-refractivity contribution in [1.29, 1.82) is 0 Å². The molecule has 8 heteroatoms. The molecule has 0 spiro atoms. The predicted molar refractivity (Wildman–Crippen MR) is 112 cm³/mol. The minimum atomic E-state index is -0.0605. The molecule has 1 atom stereocenters. The lowest BCUT2D eigenvalue weighted by molar-refractivity contribution is 0.0699. The third-order valence-corrected chi connectivity index (χ3v) is 5.81. The summed E-state index contributed by atoms with van der Waals surface area (Å²) in [6, 6.07) is 7.63. The highest BCUT2D eigenvalue weighted by Crippen LogP contribution is 2.37. The SMILES string of the molecule is CCOc1ccccc1C(=O)N1CCCC(c2nn(CCOC)c(=O)n2C2CC2)C1. The van der Waals surface area contributed by atoms with Crippen LogP contribution >= 0.6 is 0 Å². The molecule has 2 aliphatic rings. The number of hydrogen-bond acceptors (Lipinski definition) is 5. The Morgan fingerprint density at radius 2 is 2.03 bits per heavy atom. The minimum Gasteiger partial charge on any atom is -0.493 e. The van der Waals surface area contributed by atoms with E-state index in [1.54, 1.807) is 7.11 Å². The van der Waals surface area contributed by atoms with Crippen molar-refractivity contribution >= 4 is 5.91 Å². The monoisotopic (exact) mass is 414 g/mol. The first kappa shape index (κ1) is 20.7. The van der Waals surface area contributed by atoms with Crippen LogP contribution < -0.4 is 10.4 Å². The van der Waals surface area contributed by atoms with Crippen LogP contribution in [0.4, 0.5) is 0 Å². The fraction of sp³-hybridized carbons (Fsp3) is 0.591. The zero-order chi connectivity index (χ0) is 21.1. The Hall–Kier alpha value is -2.61. The lowest BCUT2D eigenvalue weighted by atomic mass is 9.96. The van der Waals surface area contributed by atoms with Crippen molar-refractivity contribution in [2.24, 2.45) is 0 Å². The Labute approximate surface area is 176 Å². The molecule has 1 aliphatic carbocycles. The van der Waals surface area contributed by atoms with E-state index in [1.165, 1.54) is 4.68 Å². The summed E-state index contributed by atoms with van der Waals surface area (Å²) in [5.41, 5.74) is 0.528. The largest absolute Gasteiger partial charge is 0.493 e. The predicted octanol–water partition coefficient (Wildman–Crippen LogP) is 2.44. The normalized spacial score (nSPS) is 19.1. The highest BCUT2D eigenvalue weighted by atomic mass is 16.5. The van der Waals surface area contributed by atoms with Gasteiger partial charge in [-0.1, -0.05) is 12.1 Å². The molecular weight excluding hydrogens is 384 g/mol. The second-order valence-corrected chi connectivity index (χ2v) is 7.98. The number of carbonyl (C=O) groups excluding carboxylic acids is 1. The average Bonchev–Trinajstić information content (AvgIpc) is 3.55. The molecule has 1 aromatic carbocycles. The number of piperidine rings is 1. The van der Waals surface area contributed by atoms with Gasteiger partial charge in [-0.05, 0) is 44.7 Å². The zero-order valence-corrected chi connectivity index (χ0v) is 17.7. The van der Waals surface area contributed by atoms with Crippen LogP contribution in [0.3, 0.4) is 0 Å². The number of nitrogens with zero attached hydrogens (tertiary/aromatic N) is 4. The second-order valence-electron chi connectivity index (χ2n) is 7.98. The van der Waals surface area contributed by atoms with Gasteiger partial charge in [-0.15, -0.1) is 0 Å². The van der Waals surface area contributed by atoms with Crippen molar-refractivity contribution < 1.29 is 14.3 Å². The standard InChI is InChI=1S/C22H30N4O4/c1-3-30-19-9-5-4-8-18(19)21(27)24-12-6-7-16(15-24)20-23-25(13-14-29-2)22(28)26(20)17-10-11-17/h4-5,8-9,16-17H,3,6-7,10-15H2,1-2H3. The van der Waals surface area contributed by atoms with Crippen LogP contribution in [-0.2, 0) is 11.3 Å². The van der Waals surface area contributed by atoms with Crippen molar-refractivity contribution in [2.75, 3.05) is 33.4 Å². The van der Waals surface area contributed by atoms with E-state index in [1.807, 2.05) is 40.7 Å². The van der Waals surface area contributed by atoms with E-state index < -0.39 is 0 Å². The summed E-state index contributed by atoms with van der Waals surface area (Å²) >= 11 is 0. The number of hydrogen-bond donors (Lipinski definition) is 0. The molecule has 1 unspecified atom stereocenters. The number of aromatic nitrogens is 3. The maximum atomic E-state index is 13.3. The Kier molecular flexibility index (Phi) is 6.22. The molecule has 8 nitrogen and oxygen atoms in total. The van der Waals surface area contributed by atoms with Crippen molar-refractivity contribution in [2.45, 2.75) is 51.1 Å². The number of para-hydroxylation sites is 1. The smallest absolute Gasteiger partial charge is 0.346 e. The number of benzene rings is 1. The third-order valence-electron chi connectivity index (χ3n) is 5.81. The van der Waals surface area contributed by atoms with Crippen molar-refractivity contribution in [3.05, 3.63) is 46.1 Å². The van der Waals surface area contributed by atoms with E-state index in [0.717, 1.165) is 31.5 Å². The Balaban J connectivity index is 1.57. The first-order valence-electron chi connectivity index (χ1n) is 10.8. The fourth-order valence-corrected chi connectivity index (χ4v) is 4.18. The number of carbonyl (C=O) groups is 1. The third kappa shape index (κ3) is 4.14. The lowest BCUT2D eigenvalue weighted by Gasteiger charge is -2.32. The summed E-state index contributed by atoms with van der Waals surface area (Å²) in [7, 11) is 1.62. The molecule has 1 amide bonds. The molecule has 1 aromatic heterocycles. The molecule has 4 rings (SSSR count). The van der Waals surface area contributed by atoms with Gasteiger partial charge in [0.1, 0.15) is 11.6 Å². The van der Waals surface area contributed by atoms with Crippen molar-refractivity contribution in [3.63, 3.8) is 0 Å². The minimum absolute atomic E-state index is 0.0251. The Bertz CT molecular complexity index is 947. The number of methoxy groups -OCH3 is 1. The van der Waals surface area contributed by atoms with Crippen LogP contribution in [0.25, 0.3) is 0 Å². The first-order chi connectivity index (χ1) is 14.6. The zero-order valence-electron chi connectivity index (χ0n) is 17.7. The molecule has 2 heterocycles. The van der Waals surface area contributed by atoms with Gasteiger partial charge < -0.3 is 14.4 Å². The van der Waals surface area contributed by atoms with E-state index in [4.69, 9.17) is 9.47 Å². The van der Waals surface area contributed by atoms with Crippen molar-refractivity contribution in [1.82, 2.24) is 19.2 Å². The topological polar surface area (TPSA) is 78.6 Å². The molecule has 1 saturated carbocycles. The average molecular weight is 415 g/mol. The van der Waals surface area contributed by atoms with E-state index >= 15 is 0 Å². The number of amides is 1. The molecule has 2 aromatic rings. The van der Waals surface area contributed by atoms with E-state index in [9.17, 15) is 9.59 Å². The molecule has 0 bridgehead atoms. The number of rotatable bonds is 8. The molecule has 1 saturated heterocycles. The number of likely N-dealkylation sites (tertiary alicyclic amines) is 1. The van der Waals surface area contributed by atoms with Gasteiger partial charge in [-0.2, -0.15) is 5.10 Å². The van der Waals surface area contributed by atoms with E-state index in [0.29, 0.717) is 44.2 Å². The molecule has 0 N–H and O–H groups in total.